The van der Waals surface area contributed by atoms with E-state index in [1.165, 1.54) is 0 Å². The van der Waals surface area contributed by atoms with Crippen molar-refractivity contribution in [3.05, 3.63) is 44.1 Å². The lowest BCUT2D eigenvalue weighted by molar-refractivity contribution is 0.291. The minimum atomic E-state index is 0.467. The molecule has 1 aromatic carbocycles. The summed E-state index contributed by atoms with van der Waals surface area (Å²) in [6, 6.07) is 5.93. The molecule has 19 heavy (non-hydrogen) atoms. The molecule has 0 saturated heterocycles. The predicted molar refractivity (Wildman–Crippen MR) is 83.7 cm³/mol. The van der Waals surface area contributed by atoms with Crippen molar-refractivity contribution in [2.75, 3.05) is 0 Å². The lowest BCUT2D eigenvalue weighted by Crippen LogP contribution is -2.03. The lowest BCUT2D eigenvalue weighted by Gasteiger charge is -2.11. The van der Waals surface area contributed by atoms with Crippen molar-refractivity contribution in [2.45, 2.75) is 19.4 Å². The van der Waals surface area contributed by atoms with Gasteiger partial charge in [-0.15, -0.1) is 11.6 Å². The molecule has 3 nitrogen and oxygen atoms in total. The number of aromatic nitrogens is 2. The van der Waals surface area contributed by atoms with E-state index in [1.54, 1.807) is 0 Å². The third-order valence-electron chi connectivity index (χ3n) is 2.68. The van der Waals surface area contributed by atoms with Gasteiger partial charge in [0.25, 0.3) is 0 Å². The highest BCUT2D eigenvalue weighted by molar-refractivity contribution is 9.11. The van der Waals surface area contributed by atoms with E-state index in [1.807, 2.05) is 36.9 Å². The summed E-state index contributed by atoms with van der Waals surface area (Å²) in [4.78, 5) is 0. The van der Waals surface area contributed by atoms with Crippen LogP contribution in [0.25, 0.3) is 0 Å². The van der Waals surface area contributed by atoms with E-state index in [9.17, 15) is 0 Å². The molecule has 1 aromatic heterocycles. The fraction of sp³-hybridized carbons (Fsp3) is 0.308. The third-order valence-corrected chi connectivity index (χ3v) is 4.16. The number of ether oxygens (including phenoxy) is 1. The van der Waals surface area contributed by atoms with Crippen LogP contribution in [0.15, 0.2) is 27.1 Å². The van der Waals surface area contributed by atoms with E-state index in [4.69, 9.17) is 16.3 Å². The zero-order chi connectivity index (χ0) is 14.0. The van der Waals surface area contributed by atoms with Crippen LogP contribution in [0.5, 0.6) is 5.75 Å². The Morgan fingerprint density at radius 3 is 2.37 bits per heavy atom. The van der Waals surface area contributed by atoms with Crippen LogP contribution in [-0.2, 0) is 19.5 Å². The first kappa shape index (κ1) is 14.9. The second kappa shape index (κ2) is 6.29. The van der Waals surface area contributed by atoms with E-state index in [0.717, 1.165) is 31.6 Å². The van der Waals surface area contributed by atoms with E-state index in [-0.39, 0.29) is 0 Å². The van der Waals surface area contributed by atoms with Gasteiger partial charge >= 0.3 is 0 Å². The summed E-state index contributed by atoms with van der Waals surface area (Å²) in [7, 11) is 1.91. The van der Waals surface area contributed by atoms with Crippen LogP contribution < -0.4 is 4.74 Å². The molecule has 0 saturated carbocycles. The summed E-state index contributed by atoms with van der Waals surface area (Å²) in [6.07, 6.45) is 0. The first-order chi connectivity index (χ1) is 9.01. The molecular formula is C13H13Br2ClN2O. The maximum Gasteiger partial charge on any atom is 0.148 e. The summed E-state index contributed by atoms with van der Waals surface area (Å²) < 4.78 is 9.44. The molecule has 0 N–H and O–H groups in total. The van der Waals surface area contributed by atoms with Crippen molar-refractivity contribution in [1.82, 2.24) is 9.78 Å². The highest BCUT2D eigenvalue weighted by Crippen LogP contribution is 2.35. The van der Waals surface area contributed by atoms with Crippen LogP contribution in [0.4, 0.5) is 0 Å². The van der Waals surface area contributed by atoms with E-state index in [2.05, 4.69) is 37.0 Å². The Hall–Kier alpha value is -0.520. The highest BCUT2D eigenvalue weighted by Gasteiger charge is 2.10. The standard InChI is InChI=1S/C13H13Br2ClN2O/c1-8-3-10(18(2)17-8)7-19-13-11(14)4-9(6-16)5-12(13)15/h3-5H,6-7H2,1-2H3. The van der Waals surface area contributed by atoms with Gasteiger partial charge in [-0.3, -0.25) is 4.68 Å². The number of halogens is 3. The predicted octanol–water partition coefficient (Wildman–Crippen LogP) is 4.57. The van der Waals surface area contributed by atoms with Crippen molar-refractivity contribution in [3.63, 3.8) is 0 Å². The molecule has 0 aliphatic rings. The van der Waals surface area contributed by atoms with Crippen LogP contribution in [0.2, 0.25) is 0 Å². The fourth-order valence-corrected chi connectivity index (χ4v) is 3.44. The fourth-order valence-electron chi connectivity index (χ4n) is 1.77. The van der Waals surface area contributed by atoms with Gasteiger partial charge in [0.1, 0.15) is 12.4 Å². The van der Waals surface area contributed by atoms with Crippen LogP contribution >= 0.6 is 43.5 Å². The zero-order valence-electron chi connectivity index (χ0n) is 10.6. The number of nitrogens with zero attached hydrogens (tertiary/aromatic N) is 2. The van der Waals surface area contributed by atoms with Gasteiger partial charge in [0, 0.05) is 12.9 Å². The van der Waals surface area contributed by atoms with Crippen molar-refractivity contribution >= 4 is 43.5 Å². The Morgan fingerprint density at radius 1 is 1.26 bits per heavy atom. The minimum absolute atomic E-state index is 0.467. The summed E-state index contributed by atoms with van der Waals surface area (Å²) in [5.41, 5.74) is 3.04. The number of aryl methyl sites for hydroxylation is 2. The molecule has 0 atom stereocenters. The van der Waals surface area contributed by atoms with Crippen LogP contribution in [-0.4, -0.2) is 9.78 Å². The average molecular weight is 409 g/mol. The van der Waals surface area contributed by atoms with Gasteiger partial charge in [-0.2, -0.15) is 5.10 Å². The van der Waals surface area contributed by atoms with Gasteiger partial charge in [0.2, 0.25) is 0 Å². The minimum Gasteiger partial charge on any atom is -0.485 e. The second-order valence-corrected chi connectivity index (χ2v) is 6.19. The summed E-state index contributed by atoms with van der Waals surface area (Å²) in [5.74, 6) is 1.24. The molecule has 0 bridgehead atoms. The molecular weight excluding hydrogens is 395 g/mol. The second-order valence-electron chi connectivity index (χ2n) is 4.21. The lowest BCUT2D eigenvalue weighted by atomic mass is 10.2. The van der Waals surface area contributed by atoms with Crippen molar-refractivity contribution in [3.8, 4) is 5.75 Å². The molecule has 6 heteroatoms. The zero-order valence-corrected chi connectivity index (χ0v) is 14.5. The van der Waals surface area contributed by atoms with Crippen LogP contribution in [0.3, 0.4) is 0 Å². The first-order valence-corrected chi connectivity index (χ1v) is 7.79. The number of benzene rings is 1. The highest BCUT2D eigenvalue weighted by atomic mass is 79.9. The van der Waals surface area contributed by atoms with E-state index < -0.39 is 0 Å². The smallest absolute Gasteiger partial charge is 0.148 e. The van der Waals surface area contributed by atoms with Gasteiger partial charge in [-0.1, -0.05) is 0 Å². The third kappa shape index (κ3) is 3.52. The largest absolute Gasteiger partial charge is 0.485 e. The number of hydrogen-bond acceptors (Lipinski definition) is 2. The molecule has 0 fully saturated rings. The van der Waals surface area contributed by atoms with Crippen molar-refractivity contribution < 1.29 is 4.74 Å². The van der Waals surface area contributed by atoms with E-state index >= 15 is 0 Å². The Labute approximate surface area is 134 Å². The van der Waals surface area contributed by atoms with Crippen LogP contribution in [0, 0.1) is 6.92 Å². The topological polar surface area (TPSA) is 27.1 Å². The van der Waals surface area contributed by atoms with E-state index in [0.29, 0.717) is 12.5 Å². The first-order valence-electron chi connectivity index (χ1n) is 5.67. The van der Waals surface area contributed by atoms with Gasteiger partial charge in [-0.25, -0.2) is 0 Å². The number of hydrogen-bond donors (Lipinski definition) is 0. The molecule has 0 aliphatic heterocycles. The number of rotatable bonds is 4. The van der Waals surface area contributed by atoms with Crippen molar-refractivity contribution in [2.24, 2.45) is 7.05 Å². The molecule has 0 unspecified atom stereocenters. The van der Waals surface area contributed by atoms with Gasteiger partial charge in [0.15, 0.2) is 0 Å². The number of alkyl halides is 1. The Balaban J connectivity index is 2.18. The average Bonchev–Trinajstić information content (AvgIpc) is 2.66. The van der Waals surface area contributed by atoms with Gasteiger partial charge in [0.05, 0.1) is 20.3 Å². The summed E-state index contributed by atoms with van der Waals surface area (Å²) >= 11 is 12.8. The summed E-state index contributed by atoms with van der Waals surface area (Å²) in [6.45, 7) is 2.43. The van der Waals surface area contributed by atoms with Crippen LogP contribution in [0.1, 0.15) is 17.0 Å². The Morgan fingerprint density at radius 2 is 1.89 bits per heavy atom. The van der Waals surface area contributed by atoms with Crippen molar-refractivity contribution in [1.29, 1.82) is 0 Å². The Bertz CT molecular complexity index is 575. The molecule has 0 aliphatic carbocycles. The maximum absolute atomic E-state index is 5.85. The molecule has 2 aromatic rings. The molecule has 0 radical (unpaired) electrons. The maximum atomic E-state index is 5.85. The summed E-state index contributed by atoms with van der Waals surface area (Å²) in [5, 5.41) is 4.29. The van der Waals surface area contributed by atoms with Gasteiger partial charge in [-0.05, 0) is 62.5 Å². The molecule has 102 valence electrons. The molecule has 0 amide bonds. The quantitative estimate of drug-likeness (QED) is 0.693. The molecule has 2 rings (SSSR count). The monoisotopic (exact) mass is 406 g/mol. The van der Waals surface area contributed by atoms with Gasteiger partial charge < -0.3 is 4.74 Å². The SMILES string of the molecule is Cc1cc(COc2c(Br)cc(CCl)cc2Br)n(C)n1. The Kier molecular flexibility index (Phi) is 4.92. The molecule has 0 spiro atoms. The molecule has 1 heterocycles. The normalized spacial score (nSPS) is 10.8.